The zero-order valence-corrected chi connectivity index (χ0v) is 31.7. The van der Waals surface area contributed by atoms with Crippen molar-refractivity contribution in [1.82, 2.24) is 9.97 Å². The van der Waals surface area contributed by atoms with Crippen LogP contribution in [0.25, 0.3) is 0 Å². The summed E-state index contributed by atoms with van der Waals surface area (Å²) in [5.41, 5.74) is 9.38. The number of fused-ring (bicyclic) bond motifs is 6. The van der Waals surface area contributed by atoms with Gasteiger partial charge in [-0.1, -0.05) is 60.7 Å². The van der Waals surface area contributed by atoms with E-state index in [-0.39, 0.29) is 28.2 Å². The lowest BCUT2D eigenvalue weighted by Gasteiger charge is -2.23. The Labute approximate surface area is 342 Å². The van der Waals surface area contributed by atoms with Crippen molar-refractivity contribution in [2.75, 3.05) is 0 Å². The van der Waals surface area contributed by atoms with Gasteiger partial charge in [0, 0.05) is 40.6 Å². The summed E-state index contributed by atoms with van der Waals surface area (Å²) >= 11 is 0. The van der Waals surface area contributed by atoms with Crippen molar-refractivity contribution in [3.05, 3.63) is 213 Å². The molecule has 0 fully saturated rings. The van der Waals surface area contributed by atoms with Crippen LogP contribution in [-0.2, 0) is 0 Å². The molecule has 4 aromatic carbocycles. The molecule has 0 spiro atoms. The number of carbonyl (C=O) groups is 4. The van der Waals surface area contributed by atoms with Gasteiger partial charge in [0.25, 0.3) is 0 Å². The van der Waals surface area contributed by atoms with Crippen molar-refractivity contribution in [2.45, 2.75) is 36.1 Å². The van der Waals surface area contributed by atoms with E-state index in [0.29, 0.717) is 6.42 Å². The molecule has 5 atom stereocenters. The van der Waals surface area contributed by atoms with Crippen LogP contribution in [0.2, 0.25) is 0 Å². The fourth-order valence-corrected chi connectivity index (χ4v) is 8.61. The largest absolute Gasteiger partial charge is 0.478 e. The molecule has 0 saturated carbocycles. The van der Waals surface area contributed by atoms with Crippen molar-refractivity contribution in [1.29, 1.82) is 0 Å². The summed E-state index contributed by atoms with van der Waals surface area (Å²) in [4.78, 5) is 65.4. The van der Waals surface area contributed by atoms with Crippen LogP contribution in [0.4, 0.5) is 0 Å². The standard InChI is InChI=1S/C48H36N4O8/c53-45(54)29-9-1-25(2-10-29)41-33-17-19-35(49-33)42(26-3-11-30(12-4-26)46(55)56)37-21-23-39(51-37)44(28-7-15-32(16-8-28)48(59)60)40-24-22-38(52-40)43(36-20-18-34(41)50-36)27-5-13-31(14-6-27)47(57)58/h1-23,35,41-44,50-51H,24H2,(H,53,54)(H,55,56)(H,57,58)(H,59,60). The molecule has 2 aromatic heterocycles. The number of aromatic nitrogens is 2. The Balaban J connectivity index is 1.25. The summed E-state index contributed by atoms with van der Waals surface area (Å²) in [6, 6.07) is 34.5. The molecule has 12 heteroatoms. The molecule has 0 radical (unpaired) electrons. The summed E-state index contributed by atoms with van der Waals surface area (Å²) in [5.74, 6) is -5.84. The van der Waals surface area contributed by atoms with Gasteiger partial charge in [0.2, 0.25) is 0 Å². The minimum absolute atomic E-state index is 0.149. The topological polar surface area (TPSA) is 205 Å². The Morgan fingerprint density at radius 3 is 1.38 bits per heavy atom. The van der Waals surface area contributed by atoms with Gasteiger partial charge in [0.05, 0.1) is 57.7 Å². The molecule has 12 nitrogen and oxygen atoms in total. The second-order valence-corrected chi connectivity index (χ2v) is 15.1. The van der Waals surface area contributed by atoms with Crippen LogP contribution in [0, 0.1) is 0 Å². The number of nitrogens with zero attached hydrogens (tertiary/aromatic N) is 2. The van der Waals surface area contributed by atoms with E-state index in [1.165, 1.54) is 0 Å². The molecule has 3 aliphatic heterocycles. The summed E-state index contributed by atoms with van der Waals surface area (Å²) in [7, 11) is 0. The molecule has 9 rings (SSSR count). The lowest BCUT2D eigenvalue weighted by Crippen LogP contribution is -2.18. The molecule has 5 unspecified atom stereocenters. The molecule has 0 aliphatic carbocycles. The number of benzene rings is 4. The van der Waals surface area contributed by atoms with Crippen LogP contribution < -0.4 is 0 Å². The third kappa shape index (κ3) is 6.93. The highest BCUT2D eigenvalue weighted by atomic mass is 16.4. The highest BCUT2D eigenvalue weighted by Crippen LogP contribution is 2.42. The van der Waals surface area contributed by atoms with Crippen molar-refractivity contribution < 1.29 is 39.6 Å². The number of rotatable bonds is 8. The van der Waals surface area contributed by atoms with Crippen LogP contribution in [0.1, 0.15) is 117 Å². The molecule has 5 heterocycles. The van der Waals surface area contributed by atoms with Crippen molar-refractivity contribution in [2.24, 2.45) is 9.98 Å². The third-order valence-corrected chi connectivity index (χ3v) is 11.5. The first-order valence-corrected chi connectivity index (χ1v) is 19.3. The fourth-order valence-electron chi connectivity index (χ4n) is 8.61. The quantitative estimate of drug-likeness (QED) is 0.0879. The lowest BCUT2D eigenvalue weighted by molar-refractivity contribution is 0.0686. The van der Waals surface area contributed by atoms with Gasteiger partial charge < -0.3 is 30.4 Å². The number of hydrogen-bond acceptors (Lipinski definition) is 6. The summed E-state index contributed by atoms with van der Waals surface area (Å²) in [6.07, 6.45) is 6.55. The number of nitrogens with one attached hydrogen (secondary N) is 2. The van der Waals surface area contributed by atoms with E-state index in [4.69, 9.17) is 9.98 Å². The van der Waals surface area contributed by atoms with Crippen LogP contribution in [0.15, 0.2) is 155 Å². The van der Waals surface area contributed by atoms with Crippen LogP contribution in [0.5, 0.6) is 0 Å². The van der Waals surface area contributed by atoms with E-state index >= 15 is 0 Å². The van der Waals surface area contributed by atoms with E-state index in [0.717, 1.165) is 62.1 Å². The van der Waals surface area contributed by atoms with Gasteiger partial charge >= 0.3 is 23.9 Å². The molecular weight excluding hydrogens is 761 g/mol. The minimum Gasteiger partial charge on any atom is -0.478 e. The van der Waals surface area contributed by atoms with Gasteiger partial charge in [-0.15, -0.1) is 0 Å². The number of aromatic amines is 2. The highest BCUT2D eigenvalue weighted by molar-refractivity contribution is 6.04. The predicted octanol–water partition coefficient (Wildman–Crippen LogP) is 8.49. The molecule has 3 aliphatic rings. The second-order valence-electron chi connectivity index (χ2n) is 15.1. The molecule has 296 valence electrons. The summed E-state index contributed by atoms with van der Waals surface area (Å²) in [5, 5.41) is 38.8. The summed E-state index contributed by atoms with van der Waals surface area (Å²) < 4.78 is 0. The van der Waals surface area contributed by atoms with Gasteiger partial charge in [-0.2, -0.15) is 0 Å². The molecule has 60 heavy (non-hydrogen) atoms. The predicted molar refractivity (Wildman–Crippen MR) is 223 cm³/mol. The monoisotopic (exact) mass is 796 g/mol. The SMILES string of the molecule is O=C(O)c1ccc(C2C3=CCC(=N3)C(c3ccc(C(=O)O)cc3)c3ccc([nH]3)C(c3ccc(C(=O)O)cc3)C3C=CC(=N3)C(c3ccc(C(=O)O)cc3)c3ccc2[nH]3)cc1. The normalized spacial score (nSPS) is 20.5. The van der Waals surface area contributed by atoms with E-state index in [1.54, 1.807) is 97.1 Å². The van der Waals surface area contributed by atoms with Gasteiger partial charge in [-0.05, 0) is 101 Å². The zero-order valence-electron chi connectivity index (χ0n) is 31.7. The number of carboxylic acids is 4. The maximum atomic E-state index is 11.9. The third-order valence-electron chi connectivity index (χ3n) is 11.5. The Morgan fingerprint density at radius 2 is 0.883 bits per heavy atom. The molecule has 6 aromatic rings. The number of aliphatic imine (C=N–C) groups is 2. The maximum Gasteiger partial charge on any atom is 0.335 e. The molecule has 0 amide bonds. The smallest absolute Gasteiger partial charge is 0.335 e. The molecule has 8 bridgehead atoms. The number of carboxylic acid groups (broad SMARTS) is 4. The first-order valence-electron chi connectivity index (χ1n) is 19.3. The van der Waals surface area contributed by atoms with Gasteiger partial charge in [-0.25, -0.2) is 19.2 Å². The Hall–Kier alpha value is -7.86. The van der Waals surface area contributed by atoms with Gasteiger partial charge in [0.15, 0.2) is 0 Å². The molecule has 6 N–H and O–H groups in total. The Kier molecular flexibility index (Phi) is 9.52. The number of allylic oxidation sites excluding steroid dienone is 3. The minimum atomic E-state index is -1.04. The average molecular weight is 797 g/mol. The zero-order chi connectivity index (χ0) is 41.7. The number of H-pyrrole nitrogens is 2. The highest BCUT2D eigenvalue weighted by Gasteiger charge is 2.35. The van der Waals surface area contributed by atoms with Gasteiger partial charge in [-0.3, -0.25) is 9.98 Å². The van der Waals surface area contributed by atoms with E-state index in [9.17, 15) is 39.6 Å². The Bertz CT molecular complexity index is 2730. The molecular formula is C48H36N4O8. The second kappa shape index (κ2) is 15.1. The molecule has 0 saturated heterocycles. The van der Waals surface area contributed by atoms with E-state index in [1.807, 2.05) is 36.4 Å². The fraction of sp³-hybridized carbons (Fsp3) is 0.125. The number of aromatic carboxylic acids is 4. The van der Waals surface area contributed by atoms with Crippen molar-refractivity contribution in [3.8, 4) is 0 Å². The van der Waals surface area contributed by atoms with Crippen LogP contribution in [0.3, 0.4) is 0 Å². The Morgan fingerprint density at radius 1 is 0.483 bits per heavy atom. The average Bonchev–Trinajstić information content (AvgIpc) is 4.10. The first kappa shape index (κ1) is 37.7. The maximum absolute atomic E-state index is 11.9. The van der Waals surface area contributed by atoms with Crippen LogP contribution >= 0.6 is 0 Å². The van der Waals surface area contributed by atoms with Crippen molar-refractivity contribution in [3.63, 3.8) is 0 Å². The van der Waals surface area contributed by atoms with Gasteiger partial charge in [0.1, 0.15) is 0 Å². The number of hydrogen-bond donors (Lipinski definition) is 6. The lowest BCUT2D eigenvalue weighted by atomic mass is 9.88. The van der Waals surface area contributed by atoms with Crippen LogP contribution in [-0.4, -0.2) is 71.7 Å². The van der Waals surface area contributed by atoms with Crippen molar-refractivity contribution >= 4 is 35.3 Å². The van der Waals surface area contributed by atoms with E-state index in [2.05, 4.69) is 16.0 Å². The first-order chi connectivity index (χ1) is 29.0. The van der Waals surface area contributed by atoms with E-state index < -0.39 is 47.7 Å². The summed E-state index contributed by atoms with van der Waals surface area (Å²) in [6.45, 7) is 0.